The van der Waals surface area contributed by atoms with E-state index in [4.69, 9.17) is 11.6 Å². The maximum Gasteiger partial charge on any atom is 0.146 e. The van der Waals surface area contributed by atoms with Gasteiger partial charge in [-0.05, 0) is 26.1 Å². The molecule has 20 heavy (non-hydrogen) atoms. The SMILES string of the molecule is CCC(CC)C(CNCc1cccc(Cl)c1F)N(C)C. The monoisotopic (exact) mass is 300 g/mol. The van der Waals surface area contributed by atoms with Gasteiger partial charge in [-0.1, -0.05) is 50.4 Å². The van der Waals surface area contributed by atoms with Gasteiger partial charge in [-0.3, -0.25) is 0 Å². The molecule has 0 bridgehead atoms. The van der Waals surface area contributed by atoms with Crippen molar-refractivity contribution < 1.29 is 4.39 Å². The Balaban J connectivity index is 2.58. The molecule has 0 aliphatic heterocycles. The largest absolute Gasteiger partial charge is 0.311 e. The highest BCUT2D eigenvalue weighted by Crippen LogP contribution is 2.19. The maximum absolute atomic E-state index is 13.8. The van der Waals surface area contributed by atoms with Crippen LogP contribution >= 0.6 is 11.6 Å². The van der Waals surface area contributed by atoms with Crippen LogP contribution in [0.15, 0.2) is 18.2 Å². The topological polar surface area (TPSA) is 15.3 Å². The predicted molar refractivity (Wildman–Crippen MR) is 84.7 cm³/mol. The Labute approximate surface area is 127 Å². The van der Waals surface area contributed by atoms with Gasteiger partial charge in [0.15, 0.2) is 0 Å². The number of benzene rings is 1. The van der Waals surface area contributed by atoms with Crippen LogP contribution < -0.4 is 5.32 Å². The fourth-order valence-electron chi connectivity index (χ4n) is 2.64. The lowest BCUT2D eigenvalue weighted by molar-refractivity contribution is 0.193. The molecule has 0 heterocycles. The van der Waals surface area contributed by atoms with Crippen LogP contribution in [-0.2, 0) is 6.54 Å². The van der Waals surface area contributed by atoms with E-state index in [1.807, 2.05) is 0 Å². The first-order chi connectivity index (χ1) is 9.51. The van der Waals surface area contributed by atoms with Gasteiger partial charge in [0.2, 0.25) is 0 Å². The van der Waals surface area contributed by atoms with Crippen LogP contribution in [0.4, 0.5) is 4.39 Å². The highest BCUT2D eigenvalue weighted by molar-refractivity contribution is 6.30. The summed E-state index contributed by atoms with van der Waals surface area (Å²) in [6.45, 7) is 5.81. The fraction of sp³-hybridized carbons (Fsp3) is 0.625. The summed E-state index contributed by atoms with van der Waals surface area (Å²) in [7, 11) is 4.20. The van der Waals surface area contributed by atoms with Gasteiger partial charge in [-0.2, -0.15) is 0 Å². The number of likely N-dealkylation sites (N-methyl/N-ethyl adjacent to an activating group) is 1. The molecule has 0 radical (unpaired) electrons. The van der Waals surface area contributed by atoms with Gasteiger partial charge in [0.05, 0.1) is 5.02 Å². The van der Waals surface area contributed by atoms with Gasteiger partial charge < -0.3 is 10.2 Å². The van der Waals surface area contributed by atoms with Crippen LogP contribution in [-0.4, -0.2) is 31.6 Å². The Morgan fingerprint density at radius 3 is 2.45 bits per heavy atom. The standard InChI is InChI=1S/C16H26ClFN2/c1-5-12(6-2)15(20(3)4)11-19-10-13-8-7-9-14(17)16(13)18/h7-9,12,15,19H,5-6,10-11H2,1-4H3. The predicted octanol–water partition coefficient (Wildman–Crippen LogP) is 3.94. The summed E-state index contributed by atoms with van der Waals surface area (Å²) in [6.07, 6.45) is 2.32. The molecule has 4 heteroatoms. The molecule has 0 fully saturated rings. The molecule has 1 N–H and O–H groups in total. The molecule has 1 aromatic carbocycles. The molecule has 1 aromatic rings. The summed E-state index contributed by atoms with van der Waals surface area (Å²) in [4.78, 5) is 2.25. The number of nitrogens with one attached hydrogen (secondary N) is 1. The molecule has 0 aliphatic rings. The van der Waals surface area contributed by atoms with E-state index in [-0.39, 0.29) is 10.8 Å². The van der Waals surface area contributed by atoms with E-state index < -0.39 is 0 Å². The molecule has 114 valence electrons. The van der Waals surface area contributed by atoms with Crippen molar-refractivity contribution in [2.75, 3.05) is 20.6 Å². The fourth-order valence-corrected chi connectivity index (χ4v) is 2.84. The van der Waals surface area contributed by atoms with Crippen LogP contribution in [0.1, 0.15) is 32.3 Å². The molecule has 1 rings (SSSR count). The second-order valence-electron chi connectivity index (χ2n) is 5.45. The van der Waals surface area contributed by atoms with Crippen LogP contribution in [0.25, 0.3) is 0 Å². The van der Waals surface area contributed by atoms with Crippen LogP contribution in [0.3, 0.4) is 0 Å². The third-order valence-corrected chi connectivity index (χ3v) is 4.25. The summed E-state index contributed by atoms with van der Waals surface area (Å²) in [6, 6.07) is 5.60. The van der Waals surface area contributed by atoms with Crippen molar-refractivity contribution in [3.8, 4) is 0 Å². The average molecular weight is 301 g/mol. The van der Waals surface area contributed by atoms with E-state index in [0.29, 0.717) is 24.1 Å². The minimum atomic E-state index is -0.314. The first-order valence-electron chi connectivity index (χ1n) is 7.31. The zero-order valence-electron chi connectivity index (χ0n) is 12.9. The molecule has 2 nitrogen and oxygen atoms in total. The van der Waals surface area contributed by atoms with E-state index in [2.05, 4.69) is 38.2 Å². The van der Waals surface area contributed by atoms with Gasteiger partial charge in [0.1, 0.15) is 5.82 Å². The number of nitrogens with zero attached hydrogens (tertiary/aromatic N) is 1. The molecule has 0 spiro atoms. The van der Waals surface area contributed by atoms with Crippen molar-refractivity contribution in [3.63, 3.8) is 0 Å². The van der Waals surface area contributed by atoms with Crippen molar-refractivity contribution >= 4 is 11.6 Å². The normalized spacial score (nSPS) is 13.2. The molecule has 0 aliphatic carbocycles. The summed E-state index contributed by atoms with van der Waals surface area (Å²) >= 11 is 5.79. The first kappa shape index (κ1) is 17.4. The highest BCUT2D eigenvalue weighted by atomic mass is 35.5. The van der Waals surface area contributed by atoms with Gasteiger partial charge in [0.25, 0.3) is 0 Å². The number of hydrogen-bond donors (Lipinski definition) is 1. The zero-order valence-corrected chi connectivity index (χ0v) is 13.7. The van der Waals surface area contributed by atoms with Gasteiger partial charge in [-0.15, -0.1) is 0 Å². The second kappa shape index (κ2) is 8.60. The van der Waals surface area contributed by atoms with Crippen LogP contribution in [0, 0.1) is 11.7 Å². The summed E-state index contributed by atoms with van der Waals surface area (Å²) < 4.78 is 13.8. The third-order valence-electron chi connectivity index (χ3n) is 3.96. The van der Waals surface area contributed by atoms with E-state index in [0.717, 1.165) is 19.4 Å². The van der Waals surface area contributed by atoms with Crippen molar-refractivity contribution in [2.45, 2.75) is 39.3 Å². The lowest BCUT2D eigenvalue weighted by Crippen LogP contribution is -2.42. The Kier molecular flexibility index (Phi) is 7.49. The van der Waals surface area contributed by atoms with Gasteiger partial charge in [0, 0.05) is 24.7 Å². The van der Waals surface area contributed by atoms with Gasteiger partial charge >= 0.3 is 0 Å². The Hall–Kier alpha value is -0.640. The molecular weight excluding hydrogens is 275 g/mol. The summed E-state index contributed by atoms with van der Waals surface area (Å²) in [5.74, 6) is 0.340. The van der Waals surface area contributed by atoms with E-state index in [1.165, 1.54) is 0 Å². The molecule has 1 atom stereocenters. The number of hydrogen-bond acceptors (Lipinski definition) is 2. The molecule has 0 amide bonds. The smallest absolute Gasteiger partial charge is 0.146 e. The number of rotatable bonds is 8. The second-order valence-corrected chi connectivity index (χ2v) is 5.86. The van der Waals surface area contributed by atoms with Gasteiger partial charge in [-0.25, -0.2) is 4.39 Å². The lowest BCUT2D eigenvalue weighted by atomic mass is 9.93. The first-order valence-corrected chi connectivity index (χ1v) is 7.69. The third kappa shape index (κ3) is 4.72. The molecule has 1 unspecified atom stereocenters. The molecule has 0 saturated heterocycles. The Bertz CT molecular complexity index is 405. The quantitative estimate of drug-likeness (QED) is 0.782. The van der Waals surface area contributed by atoms with Crippen molar-refractivity contribution in [1.29, 1.82) is 0 Å². The van der Waals surface area contributed by atoms with Crippen LogP contribution in [0.2, 0.25) is 5.02 Å². The summed E-state index contributed by atoms with van der Waals surface area (Å²) in [5, 5.41) is 3.55. The maximum atomic E-state index is 13.8. The molecule has 0 aromatic heterocycles. The molecular formula is C16H26ClFN2. The minimum Gasteiger partial charge on any atom is -0.311 e. The Morgan fingerprint density at radius 1 is 1.25 bits per heavy atom. The van der Waals surface area contributed by atoms with E-state index >= 15 is 0 Å². The van der Waals surface area contributed by atoms with Crippen molar-refractivity contribution in [2.24, 2.45) is 5.92 Å². The minimum absolute atomic E-state index is 0.188. The summed E-state index contributed by atoms with van der Waals surface area (Å²) in [5.41, 5.74) is 0.625. The van der Waals surface area contributed by atoms with Crippen LogP contribution in [0.5, 0.6) is 0 Å². The zero-order chi connectivity index (χ0) is 15.1. The van der Waals surface area contributed by atoms with E-state index in [9.17, 15) is 4.39 Å². The van der Waals surface area contributed by atoms with Crippen molar-refractivity contribution in [3.05, 3.63) is 34.6 Å². The van der Waals surface area contributed by atoms with Crippen molar-refractivity contribution in [1.82, 2.24) is 10.2 Å². The number of halogens is 2. The average Bonchev–Trinajstić information content (AvgIpc) is 2.42. The van der Waals surface area contributed by atoms with E-state index in [1.54, 1.807) is 18.2 Å². The Morgan fingerprint density at radius 2 is 1.90 bits per heavy atom. The molecule has 0 saturated carbocycles. The lowest BCUT2D eigenvalue weighted by Gasteiger charge is -2.31. The highest BCUT2D eigenvalue weighted by Gasteiger charge is 2.20.